The molecule has 1 amide bonds. The van der Waals surface area contributed by atoms with Crippen molar-refractivity contribution in [2.45, 2.75) is 0 Å². The normalized spacial score (nSPS) is 9.60. The molecule has 1 N–H and O–H groups in total. The summed E-state index contributed by atoms with van der Waals surface area (Å²) in [6.45, 7) is -0.368. The van der Waals surface area contributed by atoms with E-state index in [9.17, 15) is 9.59 Å². The molecule has 0 aromatic heterocycles. The fraction of sp³-hybridized carbons (Fsp3) is 0.385. The zero-order valence-electron chi connectivity index (χ0n) is 11.8. The van der Waals surface area contributed by atoms with Gasteiger partial charge >= 0.3 is 5.97 Å². The third-order valence-corrected chi connectivity index (χ3v) is 2.54. The molecule has 1 rings (SSSR count). The van der Waals surface area contributed by atoms with Crippen molar-refractivity contribution in [1.82, 2.24) is 5.32 Å². The number of methoxy groups -OCH3 is 3. The Morgan fingerprint density at radius 2 is 1.70 bits per heavy atom. The van der Waals surface area contributed by atoms with Gasteiger partial charge in [0, 0.05) is 7.05 Å². The first kappa shape index (κ1) is 15.6. The number of ether oxygens (including phenoxy) is 4. The summed E-state index contributed by atoms with van der Waals surface area (Å²) in [6.07, 6.45) is 0. The van der Waals surface area contributed by atoms with Crippen molar-refractivity contribution in [2.24, 2.45) is 0 Å². The van der Waals surface area contributed by atoms with Crippen molar-refractivity contribution in [1.29, 1.82) is 0 Å². The van der Waals surface area contributed by atoms with E-state index in [1.54, 1.807) is 6.07 Å². The van der Waals surface area contributed by atoms with Crippen LogP contribution in [0.1, 0.15) is 10.4 Å². The number of rotatable bonds is 6. The number of benzene rings is 1. The summed E-state index contributed by atoms with van der Waals surface area (Å²) in [5.41, 5.74) is 0.147. The largest absolute Gasteiger partial charge is 0.493 e. The van der Waals surface area contributed by atoms with Gasteiger partial charge in [0.25, 0.3) is 5.91 Å². The minimum absolute atomic E-state index is 0.147. The van der Waals surface area contributed by atoms with Crippen molar-refractivity contribution in [2.75, 3.05) is 35.0 Å². The van der Waals surface area contributed by atoms with E-state index in [1.807, 2.05) is 0 Å². The van der Waals surface area contributed by atoms with Crippen LogP contribution in [0.5, 0.6) is 17.2 Å². The number of carbonyl (C=O) groups excluding carboxylic acids is 2. The van der Waals surface area contributed by atoms with Gasteiger partial charge in [0.2, 0.25) is 5.75 Å². The molecule has 1 aromatic carbocycles. The van der Waals surface area contributed by atoms with Crippen LogP contribution in [0.2, 0.25) is 0 Å². The summed E-state index contributed by atoms with van der Waals surface area (Å²) in [5, 5.41) is 2.35. The SMILES string of the molecule is CNC(=O)COC(=O)c1ccc(OC)c(OC)c1OC. The molecule has 20 heavy (non-hydrogen) atoms. The lowest BCUT2D eigenvalue weighted by Crippen LogP contribution is -2.25. The summed E-state index contributed by atoms with van der Waals surface area (Å²) in [5.74, 6) is -0.199. The molecule has 0 aliphatic heterocycles. The van der Waals surface area contributed by atoms with Crippen molar-refractivity contribution < 1.29 is 28.5 Å². The van der Waals surface area contributed by atoms with Gasteiger partial charge in [0.15, 0.2) is 18.1 Å². The maximum absolute atomic E-state index is 11.9. The predicted octanol–water partition coefficient (Wildman–Crippen LogP) is 0.615. The predicted molar refractivity (Wildman–Crippen MR) is 70.4 cm³/mol. The average molecular weight is 283 g/mol. The molecule has 0 saturated heterocycles. The summed E-state index contributed by atoms with van der Waals surface area (Å²) >= 11 is 0. The molecule has 0 bridgehead atoms. The monoisotopic (exact) mass is 283 g/mol. The van der Waals surface area contributed by atoms with Crippen LogP contribution >= 0.6 is 0 Å². The lowest BCUT2D eigenvalue weighted by atomic mass is 10.1. The number of hydrogen-bond acceptors (Lipinski definition) is 6. The van der Waals surface area contributed by atoms with E-state index in [2.05, 4.69) is 5.32 Å². The molecule has 0 aliphatic carbocycles. The molecule has 7 heteroatoms. The first-order valence-corrected chi connectivity index (χ1v) is 5.75. The van der Waals surface area contributed by atoms with Gasteiger partial charge in [-0.15, -0.1) is 0 Å². The highest BCUT2D eigenvalue weighted by atomic mass is 16.5. The van der Waals surface area contributed by atoms with Gasteiger partial charge in [0.1, 0.15) is 5.56 Å². The van der Waals surface area contributed by atoms with Gasteiger partial charge in [-0.2, -0.15) is 0 Å². The molecule has 0 atom stereocenters. The van der Waals surface area contributed by atoms with Crippen LogP contribution in [-0.4, -0.2) is 46.9 Å². The van der Waals surface area contributed by atoms with Gasteiger partial charge in [0.05, 0.1) is 21.3 Å². The number of amides is 1. The number of hydrogen-bond donors (Lipinski definition) is 1. The molecule has 0 saturated carbocycles. The first-order chi connectivity index (χ1) is 9.58. The molecule has 0 aliphatic rings. The number of likely N-dealkylation sites (N-methyl/N-ethyl adjacent to an activating group) is 1. The number of esters is 1. The second-order valence-electron chi connectivity index (χ2n) is 3.63. The van der Waals surface area contributed by atoms with Gasteiger partial charge in [-0.3, -0.25) is 4.79 Å². The minimum atomic E-state index is -0.689. The van der Waals surface area contributed by atoms with Crippen molar-refractivity contribution in [3.63, 3.8) is 0 Å². The number of nitrogens with one attached hydrogen (secondary N) is 1. The summed E-state index contributed by atoms with van der Waals surface area (Å²) in [4.78, 5) is 23.0. The van der Waals surface area contributed by atoms with Crippen molar-refractivity contribution in [3.8, 4) is 17.2 Å². The minimum Gasteiger partial charge on any atom is -0.493 e. The molecule has 0 heterocycles. The second-order valence-corrected chi connectivity index (χ2v) is 3.63. The maximum Gasteiger partial charge on any atom is 0.342 e. The van der Waals surface area contributed by atoms with Crippen LogP contribution in [0.25, 0.3) is 0 Å². The Kier molecular flexibility index (Phi) is 5.64. The quantitative estimate of drug-likeness (QED) is 0.770. The Morgan fingerprint density at radius 1 is 1.05 bits per heavy atom. The molecular formula is C13H17NO6. The van der Waals surface area contributed by atoms with Gasteiger partial charge in [-0.1, -0.05) is 0 Å². The summed E-state index contributed by atoms with van der Waals surface area (Å²) in [6, 6.07) is 3.03. The van der Waals surface area contributed by atoms with E-state index in [-0.39, 0.29) is 23.7 Å². The average Bonchev–Trinajstić information content (AvgIpc) is 2.50. The van der Waals surface area contributed by atoms with Crippen molar-refractivity contribution >= 4 is 11.9 Å². The lowest BCUT2D eigenvalue weighted by molar-refractivity contribution is -0.123. The Labute approximate surface area is 116 Å². The second kappa shape index (κ2) is 7.22. The highest BCUT2D eigenvalue weighted by Gasteiger charge is 2.22. The van der Waals surface area contributed by atoms with Crippen LogP contribution in [0.15, 0.2) is 12.1 Å². The first-order valence-electron chi connectivity index (χ1n) is 5.75. The molecule has 0 spiro atoms. The molecule has 110 valence electrons. The van der Waals surface area contributed by atoms with E-state index < -0.39 is 11.9 Å². The van der Waals surface area contributed by atoms with Crippen molar-refractivity contribution in [3.05, 3.63) is 17.7 Å². The molecule has 0 unspecified atom stereocenters. The van der Waals surface area contributed by atoms with Gasteiger partial charge in [-0.05, 0) is 12.1 Å². The fourth-order valence-electron chi connectivity index (χ4n) is 1.54. The summed E-state index contributed by atoms with van der Waals surface area (Å²) in [7, 11) is 5.75. The van der Waals surface area contributed by atoms with Gasteiger partial charge < -0.3 is 24.3 Å². The zero-order valence-corrected chi connectivity index (χ0v) is 11.8. The summed E-state index contributed by atoms with van der Waals surface area (Å²) < 4.78 is 20.3. The van der Waals surface area contributed by atoms with E-state index in [4.69, 9.17) is 18.9 Å². The molecule has 0 radical (unpaired) electrons. The molecular weight excluding hydrogens is 266 g/mol. The van der Waals surface area contributed by atoms with E-state index in [0.29, 0.717) is 5.75 Å². The van der Waals surface area contributed by atoms with Crippen LogP contribution in [0.4, 0.5) is 0 Å². The third kappa shape index (κ3) is 3.31. The third-order valence-electron chi connectivity index (χ3n) is 2.54. The zero-order chi connectivity index (χ0) is 15.1. The number of carbonyl (C=O) groups is 2. The lowest BCUT2D eigenvalue weighted by Gasteiger charge is -2.14. The van der Waals surface area contributed by atoms with Crippen LogP contribution in [-0.2, 0) is 9.53 Å². The maximum atomic E-state index is 11.9. The van der Waals surface area contributed by atoms with E-state index >= 15 is 0 Å². The fourth-order valence-corrected chi connectivity index (χ4v) is 1.54. The Morgan fingerprint density at radius 3 is 2.20 bits per heavy atom. The Hall–Kier alpha value is -2.44. The van der Waals surface area contributed by atoms with Gasteiger partial charge in [-0.25, -0.2) is 4.79 Å². The smallest absolute Gasteiger partial charge is 0.342 e. The van der Waals surface area contributed by atoms with Crippen LogP contribution < -0.4 is 19.5 Å². The Balaban J connectivity index is 3.05. The van der Waals surface area contributed by atoms with Crippen LogP contribution in [0.3, 0.4) is 0 Å². The topological polar surface area (TPSA) is 83.1 Å². The van der Waals surface area contributed by atoms with E-state index in [1.165, 1.54) is 34.4 Å². The van der Waals surface area contributed by atoms with Crippen LogP contribution in [0, 0.1) is 0 Å². The molecule has 7 nitrogen and oxygen atoms in total. The Bertz CT molecular complexity index is 500. The highest BCUT2D eigenvalue weighted by Crippen LogP contribution is 2.39. The molecule has 1 aromatic rings. The molecule has 0 fully saturated rings. The highest BCUT2D eigenvalue weighted by molar-refractivity contribution is 5.95. The standard InChI is InChI=1S/C13H17NO6/c1-14-10(15)7-20-13(16)8-5-6-9(17-2)12(19-4)11(8)18-3/h5-6H,7H2,1-4H3,(H,14,15). The van der Waals surface area contributed by atoms with E-state index in [0.717, 1.165) is 0 Å².